The molecule has 0 saturated heterocycles. The fourth-order valence-electron chi connectivity index (χ4n) is 3.29. The van der Waals surface area contributed by atoms with Crippen LogP contribution in [0.3, 0.4) is 0 Å². The highest BCUT2D eigenvalue weighted by Crippen LogP contribution is 2.39. The average Bonchev–Trinajstić information content (AvgIpc) is 2.57. The molecule has 0 heterocycles. The molecule has 2 nitrogen and oxygen atoms in total. The van der Waals surface area contributed by atoms with Crippen molar-refractivity contribution in [3.05, 3.63) is 53.1 Å². The van der Waals surface area contributed by atoms with Gasteiger partial charge in [0.2, 0.25) is 0 Å². The first-order valence-electron chi connectivity index (χ1n) is 7.69. The summed E-state index contributed by atoms with van der Waals surface area (Å²) in [5.41, 5.74) is 3.62. The van der Waals surface area contributed by atoms with E-state index in [2.05, 4.69) is 57.2 Å². The van der Waals surface area contributed by atoms with E-state index in [-0.39, 0.29) is 6.61 Å². The van der Waals surface area contributed by atoms with E-state index in [9.17, 15) is 4.79 Å². The first-order valence-corrected chi connectivity index (χ1v) is 7.69. The molecule has 3 aromatic carbocycles. The molecule has 22 heavy (non-hydrogen) atoms. The van der Waals surface area contributed by atoms with Gasteiger partial charge in [-0.2, -0.15) is 0 Å². The second-order valence-corrected chi connectivity index (χ2v) is 5.60. The largest absolute Gasteiger partial charge is 0.485 e. The van der Waals surface area contributed by atoms with Crippen LogP contribution in [-0.4, -0.2) is 12.9 Å². The van der Waals surface area contributed by atoms with Gasteiger partial charge in [-0.25, -0.2) is 0 Å². The molecule has 0 amide bonds. The predicted molar refractivity (Wildman–Crippen MR) is 91.9 cm³/mol. The van der Waals surface area contributed by atoms with Crippen LogP contribution in [0.2, 0.25) is 0 Å². The summed E-state index contributed by atoms with van der Waals surface area (Å²) < 4.78 is 5.81. The summed E-state index contributed by atoms with van der Waals surface area (Å²) in [5.74, 6) is 0.860. The molecule has 3 aromatic rings. The fraction of sp³-hybridized carbons (Fsp3) is 0.250. The molecule has 0 unspecified atom stereocenters. The molecule has 3 rings (SSSR count). The number of carbonyl (C=O) groups is 1. The molecule has 0 aliphatic carbocycles. The molecule has 0 aromatic heterocycles. The zero-order valence-electron chi connectivity index (χ0n) is 13.3. The standard InChI is InChI=1S/C20H20O2/c1-4-15-9-10-18-13(2)16-7-5-6-8-17(16)14(3)19(18)20(15)22-12-11-21/h5-11H,4,12H2,1-3H3. The number of carbonyl (C=O) groups excluding carboxylic acids is 1. The van der Waals surface area contributed by atoms with Gasteiger partial charge in [0, 0.05) is 5.39 Å². The number of benzene rings is 3. The maximum atomic E-state index is 10.8. The smallest absolute Gasteiger partial charge is 0.157 e. The molecular formula is C20H20O2. The van der Waals surface area contributed by atoms with Crippen LogP contribution in [0, 0.1) is 13.8 Å². The number of hydrogen-bond donors (Lipinski definition) is 0. The average molecular weight is 292 g/mol. The van der Waals surface area contributed by atoms with Crippen LogP contribution in [0.5, 0.6) is 5.75 Å². The Kier molecular flexibility index (Phi) is 3.84. The third kappa shape index (κ3) is 2.16. The van der Waals surface area contributed by atoms with Crippen LogP contribution in [-0.2, 0) is 11.2 Å². The van der Waals surface area contributed by atoms with Gasteiger partial charge >= 0.3 is 0 Å². The van der Waals surface area contributed by atoms with Gasteiger partial charge < -0.3 is 4.74 Å². The second kappa shape index (κ2) is 5.80. The molecule has 112 valence electrons. The predicted octanol–water partition coefficient (Wildman–Crippen LogP) is 4.75. The van der Waals surface area contributed by atoms with Gasteiger partial charge in [-0.15, -0.1) is 0 Å². The SMILES string of the molecule is CCc1ccc2c(C)c3ccccc3c(C)c2c1OCC=O. The van der Waals surface area contributed by atoms with E-state index in [1.54, 1.807) is 0 Å². The number of aldehydes is 1. The molecule has 0 aliphatic heterocycles. The third-order valence-corrected chi connectivity index (χ3v) is 4.43. The Hall–Kier alpha value is -2.35. The van der Waals surface area contributed by atoms with Gasteiger partial charge in [0.1, 0.15) is 12.4 Å². The van der Waals surface area contributed by atoms with Crippen molar-refractivity contribution < 1.29 is 9.53 Å². The quantitative estimate of drug-likeness (QED) is 0.512. The van der Waals surface area contributed by atoms with Crippen molar-refractivity contribution in [1.29, 1.82) is 0 Å². The van der Waals surface area contributed by atoms with Gasteiger partial charge in [0.05, 0.1) is 0 Å². The molecule has 0 saturated carbocycles. The van der Waals surface area contributed by atoms with Gasteiger partial charge in [-0.1, -0.05) is 43.3 Å². The Morgan fingerprint density at radius 1 is 0.955 bits per heavy atom. The Balaban J connectivity index is 2.47. The van der Waals surface area contributed by atoms with Gasteiger partial charge in [-0.05, 0) is 53.1 Å². The van der Waals surface area contributed by atoms with Crippen molar-refractivity contribution in [2.45, 2.75) is 27.2 Å². The lowest BCUT2D eigenvalue weighted by atomic mass is 9.91. The van der Waals surface area contributed by atoms with E-state index in [0.717, 1.165) is 29.4 Å². The van der Waals surface area contributed by atoms with Crippen molar-refractivity contribution in [2.75, 3.05) is 6.61 Å². The van der Waals surface area contributed by atoms with E-state index >= 15 is 0 Å². The lowest BCUT2D eigenvalue weighted by Crippen LogP contribution is -2.03. The van der Waals surface area contributed by atoms with E-state index in [1.807, 2.05) is 0 Å². The lowest BCUT2D eigenvalue weighted by molar-refractivity contribution is -0.109. The Labute approximate surface area is 130 Å². The number of rotatable bonds is 4. The normalized spacial score (nSPS) is 11.0. The minimum atomic E-state index is 0.0947. The van der Waals surface area contributed by atoms with E-state index in [4.69, 9.17) is 4.74 Å². The second-order valence-electron chi connectivity index (χ2n) is 5.60. The highest BCUT2D eigenvalue weighted by molar-refractivity contribution is 6.08. The van der Waals surface area contributed by atoms with Crippen LogP contribution in [0.15, 0.2) is 36.4 Å². The molecule has 2 heteroatoms. The highest BCUT2D eigenvalue weighted by atomic mass is 16.5. The topological polar surface area (TPSA) is 26.3 Å². The number of fused-ring (bicyclic) bond motifs is 2. The lowest BCUT2D eigenvalue weighted by Gasteiger charge is -2.18. The first-order chi connectivity index (χ1) is 10.7. The summed E-state index contributed by atoms with van der Waals surface area (Å²) in [6.07, 6.45) is 1.69. The number of hydrogen-bond acceptors (Lipinski definition) is 2. The first kappa shape index (κ1) is 14.6. The minimum Gasteiger partial charge on any atom is -0.485 e. The Morgan fingerprint density at radius 2 is 1.64 bits per heavy atom. The monoisotopic (exact) mass is 292 g/mol. The van der Waals surface area contributed by atoms with Crippen molar-refractivity contribution in [1.82, 2.24) is 0 Å². The summed E-state index contributed by atoms with van der Waals surface area (Å²) in [6, 6.07) is 12.7. The number of ether oxygens (including phenoxy) is 1. The Morgan fingerprint density at radius 3 is 2.27 bits per heavy atom. The third-order valence-electron chi connectivity index (χ3n) is 4.43. The van der Waals surface area contributed by atoms with Crippen LogP contribution in [0.1, 0.15) is 23.6 Å². The van der Waals surface area contributed by atoms with Crippen LogP contribution in [0.25, 0.3) is 21.5 Å². The molecule has 0 atom stereocenters. The van der Waals surface area contributed by atoms with Crippen molar-refractivity contribution in [3.63, 3.8) is 0 Å². The number of aryl methyl sites for hydroxylation is 3. The van der Waals surface area contributed by atoms with Gasteiger partial charge in [0.15, 0.2) is 6.29 Å². The molecule has 0 N–H and O–H groups in total. The highest BCUT2D eigenvalue weighted by Gasteiger charge is 2.15. The van der Waals surface area contributed by atoms with Crippen LogP contribution < -0.4 is 4.74 Å². The maximum absolute atomic E-state index is 10.8. The summed E-state index contributed by atoms with van der Waals surface area (Å²) in [6.45, 7) is 6.49. The van der Waals surface area contributed by atoms with E-state index < -0.39 is 0 Å². The van der Waals surface area contributed by atoms with E-state index in [0.29, 0.717) is 0 Å². The van der Waals surface area contributed by atoms with Crippen molar-refractivity contribution >= 4 is 27.8 Å². The molecule has 0 bridgehead atoms. The molecule has 0 spiro atoms. The summed E-state index contributed by atoms with van der Waals surface area (Å²) in [5, 5.41) is 4.86. The fourth-order valence-corrected chi connectivity index (χ4v) is 3.29. The zero-order chi connectivity index (χ0) is 15.7. The minimum absolute atomic E-state index is 0.0947. The summed E-state index contributed by atoms with van der Waals surface area (Å²) in [4.78, 5) is 10.8. The summed E-state index contributed by atoms with van der Waals surface area (Å²) in [7, 11) is 0. The molecule has 0 aliphatic rings. The molecule has 0 radical (unpaired) electrons. The summed E-state index contributed by atoms with van der Waals surface area (Å²) >= 11 is 0. The van der Waals surface area contributed by atoms with Crippen LogP contribution >= 0.6 is 0 Å². The maximum Gasteiger partial charge on any atom is 0.157 e. The van der Waals surface area contributed by atoms with Crippen molar-refractivity contribution in [3.8, 4) is 5.75 Å². The van der Waals surface area contributed by atoms with Crippen molar-refractivity contribution in [2.24, 2.45) is 0 Å². The van der Waals surface area contributed by atoms with E-state index in [1.165, 1.54) is 27.3 Å². The molecule has 0 fully saturated rings. The van der Waals surface area contributed by atoms with Gasteiger partial charge in [-0.3, -0.25) is 4.79 Å². The van der Waals surface area contributed by atoms with Crippen LogP contribution in [0.4, 0.5) is 0 Å². The Bertz CT molecular complexity index is 863. The van der Waals surface area contributed by atoms with Gasteiger partial charge in [0.25, 0.3) is 0 Å². The molecular weight excluding hydrogens is 272 g/mol. The zero-order valence-corrected chi connectivity index (χ0v) is 13.3.